The SMILES string of the molecule is Cc1ccc(S[C@@H]2CCC2=O)cc1. The van der Waals surface area contributed by atoms with Crippen molar-refractivity contribution in [3.05, 3.63) is 29.8 Å². The van der Waals surface area contributed by atoms with E-state index in [2.05, 4.69) is 31.2 Å². The Labute approximate surface area is 82.5 Å². The summed E-state index contributed by atoms with van der Waals surface area (Å²) in [7, 11) is 0. The number of rotatable bonds is 2. The van der Waals surface area contributed by atoms with Crippen molar-refractivity contribution in [2.75, 3.05) is 0 Å². The summed E-state index contributed by atoms with van der Waals surface area (Å²) in [6.45, 7) is 2.07. The van der Waals surface area contributed by atoms with E-state index in [-0.39, 0.29) is 5.25 Å². The zero-order valence-corrected chi connectivity index (χ0v) is 8.43. The molecule has 2 heteroatoms. The Morgan fingerprint density at radius 1 is 1.31 bits per heavy atom. The normalized spacial score (nSPS) is 21.3. The molecule has 1 atom stereocenters. The van der Waals surface area contributed by atoms with Crippen molar-refractivity contribution in [2.45, 2.75) is 29.9 Å². The van der Waals surface area contributed by atoms with Crippen LogP contribution in [0.15, 0.2) is 29.2 Å². The summed E-state index contributed by atoms with van der Waals surface area (Å²) in [6.07, 6.45) is 1.83. The van der Waals surface area contributed by atoms with Crippen LogP contribution in [0.5, 0.6) is 0 Å². The van der Waals surface area contributed by atoms with Gasteiger partial charge in [0.2, 0.25) is 0 Å². The van der Waals surface area contributed by atoms with E-state index < -0.39 is 0 Å². The van der Waals surface area contributed by atoms with Gasteiger partial charge in [0.15, 0.2) is 0 Å². The van der Waals surface area contributed by atoms with Crippen LogP contribution >= 0.6 is 11.8 Å². The molecule has 0 aliphatic heterocycles. The molecule has 0 aromatic heterocycles. The third-order valence-electron chi connectivity index (χ3n) is 2.31. The maximum atomic E-state index is 11.1. The Morgan fingerprint density at radius 2 is 2.00 bits per heavy atom. The van der Waals surface area contributed by atoms with Crippen molar-refractivity contribution >= 4 is 17.5 Å². The zero-order chi connectivity index (χ0) is 9.26. The first-order chi connectivity index (χ1) is 6.25. The molecule has 13 heavy (non-hydrogen) atoms. The van der Waals surface area contributed by atoms with Crippen LogP contribution in [0.3, 0.4) is 0 Å². The summed E-state index contributed by atoms with van der Waals surface area (Å²) in [5.41, 5.74) is 1.27. The summed E-state index contributed by atoms with van der Waals surface area (Å²) in [6, 6.07) is 8.36. The first-order valence-electron chi connectivity index (χ1n) is 4.52. The van der Waals surface area contributed by atoms with Gasteiger partial charge in [0.25, 0.3) is 0 Å². The number of benzene rings is 1. The maximum Gasteiger partial charge on any atom is 0.146 e. The van der Waals surface area contributed by atoms with Crippen LogP contribution in [0.2, 0.25) is 0 Å². The number of ketones is 1. The Bertz CT molecular complexity index is 315. The van der Waals surface area contributed by atoms with Gasteiger partial charge in [0, 0.05) is 11.3 Å². The van der Waals surface area contributed by atoms with E-state index in [4.69, 9.17) is 0 Å². The Morgan fingerprint density at radius 3 is 2.46 bits per heavy atom. The van der Waals surface area contributed by atoms with Crippen molar-refractivity contribution < 1.29 is 4.79 Å². The van der Waals surface area contributed by atoms with E-state index in [1.165, 1.54) is 10.5 Å². The molecule has 0 heterocycles. The van der Waals surface area contributed by atoms with Crippen LogP contribution in [0.1, 0.15) is 18.4 Å². The summed E-state index contributed by atoms with van der Waals surface area (Å²) < 4.78 is 0. The van der Waals surface area contributed by atoms with Crippen LogP contribution in [0, 0.1) is 6.92 Å². The summed E-state index contributed by atoms with van der Waals surface area (Å²) >= 11 is 1.70. The molecule has 1 fully saturated rings. The average molecular weight is 192 g/mol. The van der Waals surface area contributed by atoms with Crippen LogP contribution in [-0.4, -0.2) is 11.0 Å². The molecule has 0 spiro atoms. The van der Waals surface area contributed by atoms with Crippen molar-refractivity contribution in [3.8, 4) is 0 Å². The number of hydrogen-bond acceptors (Lipinski definition) is 2. The lowest BCUT2D eigenvalue weighted by Gasteiger charge is -2.22. The van der Waals surface area contributed by atoms with Gasteiger partial charge in [0.05, 0.1) is 5.25 Å². The monoisotopic (exact) mass is 192 g/mol. The van der Waals surface area contributed by atoms with E-state index in [1.807, 2.05) is 0 Å². The first kappa shape index (κ1) is 8.82. The van der Waals surface area contributed by atoms with Crippen molar-refractivity contribution in [2.24, 2.45) is 0 Å². The van der Waals surface area contributed by atoms with E-state index in [0.717, 1.165) is 12.8 Å². The fourth-order valence-corrected chi connectivity index (χ4v) is 2.39. The molecular formula is C11H12OS. The Hall–Kier alpha value is -0.760. The molecule has 1 nitrogen and oxygen atoms in total. The molecular weight excluding hydrogens is 180 g/mol. The van der Waals surface area contributed by atoms with Crippen molar-refractivity contribution in [1.29, 1.82) is 0 Å². The lowest BCUT2D eigenvalue weighted by molar-refractivity contribution is -0.122. The van der Waals surface area contributed by atoms with Crippen LogP contribution in [0.25, 0.3) is 0 Å². The highest BCUT2D eigenvalue weighted by Gasteiger charge is 2.28. The number of hydrogen-bond donors (Lipinski definition) is 0. The van der Waals surface area contributed by atoms with E-state index in [1.54, 1.807) is 11.8 Å². The molecule has 68 valence electrons. The van der Waals surface area contributed by atoms with Gasteiger partial charge in [-0.05, 0) is 25.5 Å². The number of thioether (sulfide) groups is 1. The molecule has 1 aromatic rings. The van der Waals surface area contributed by atoms with E-state index in [9.17, 15) is 4.79 Å². The second kappa shape index (κ2) is 3.54. The number of carbonyl (C=O) groups is 1. The molecule has 0 amide bonds. The highest BCUT2D eigenvalue weighted by molar-refractivity contribution is 8.00. The predicted octanol–water partition coefficient (Wildman–Crippen LogP) is 2.82. The number of Topliss-reactive ketones (excluding diaryl/α,β-unsaturated/α-hetero) is 1. The summed E-state index contributed by atoms with van der Waals surface area (Å²) in [5, 5.41) is 0.239. The van der Waals surface area contributed by atoms with Gasteiger partial charge in [0.1, 0.15) is 5.78 Å². The predicted molar refractivity (Wildman–Crippen MR) is 55.1 cm³/mol. The molecule has 0 radical (unpaired) electrons. The second-order valence-electron chi connectivity index (χ2n) is 3.42. The molecule has 1 aliphatic carbocycles. The third kappa shape index (κ3) is 1.94. The first-order valence-corrected chi connectivity index (χ1v) is 5.40. The average Bonchev–Trinajstić information content (AvgIpc) is 2.15. The van der Waals surface area contributed by atoms with Crippen LogP contribution < -0.4 is 0 Å². The highest BCUT2D eigenvalue weighted by atomic mass is 32.2. The Balaban J connectivity index is 2.01. The number of aryl methyl sites for hydroxylation is 1. The lowest BCUT2D eigenvalue weighted by atomic mass is 9.98. The summed E-state index contributed by atoms with van der Waals surface area (Å²) in [5.74, 6) is 0.408. The fourth-order valence-electron chi connectivity index (χ4n) is 1.29. The van der Waals surface area contributed by atoms with E-state index >= 15 is 0 Å². The molecule has 0 bridgehead atoms. The second-order valence-corrected chi connectivity index (χ2v) is 4.70. The highest BCUT2D eigenvalue weighted by Crippen LogP contribution is 2.33. The van der Waals surface area contributed by atoms with Gasteiger partial charge in [-0.1, -0.05) is 17.7 Å². The van der Waals surface area contributed by atoms with Crippen LogP contribution in [-0.2, 0) is 4.79 Å². The minimum Gasteiger partial charge on any atom is -0.298 e. The minimum atomic E-state index is 0.239. The topological polar surface area (TPSA) is 17.1 Å². The molecule has 1 saturated carbocycles. The largest absolute Gasteiger partial charge is 0.298 e. The van der Waals surface area contributed by atoms with Gasteiger partial charge in [-0.2, -0.15) is 0 Å². The van der Waals surface area contributed by atoms with Gasteiger partial charge < -0.3 is 0 Å². The molecule has 1 aromatic carbocycles. The molecule has 0 unspecified atom stereocenters. The minimum absolute atomic E-state index is 0.239. The zero-order valence-electron chi connectivity index (χ0n) is 7.62. The lowest BCUT2D eigenvalue weighted by Crippen LogP contribution is -2.27. The molecule has 0 N–H and O–H groups in total. The standard InChI is InChI=1S/C11H12OS/c1-8-2-4-9(5-3-8)13-11-7-6-10(11)12/h2-5,11H,6-7H2,1H3/t11-/m1/s1. The van der Waals surface area contributed by atoms with Gasteiger partial charge >= 0.3 is 0 Å². The summed E-state index contributed by atoms with van der Waals surface area (Å²) in [4.78, 5) is 12.3. The van der Waals surface area contributed by atoms with Gasteiger partial charge in [-0.3, -0.25) is 4.79 Å². The Kier molecular flexibility index (Phi) is 2.40. The number of carbonyl (C=O) groups excluding carboxylic acids is 1. The van der Waals surface area contributed by atoms with Gasteiger partial charge in [-0.25, -0.2) is 0 Å². The van der Waals surface area contributed by atoms with Crippen molar-refractivity contribution in [3.63, 3.8) is 0 Å². The van der Waals surface area contributed by atoms with Crippen molar-refractivity contribution in [1.82, 2.24) is 0 Å². The van der Waals surface area contributed by atoms with Crippen LogP contribution in [0.4, 0.5) is 0 Å². The molecule has 2 rings (SSSR count). The molecule has 1 aliphatic rings. The molecule has 0 saturated heterocycles. The fraction of sp³-hybridized carbons (Fsp3) is 0.364. The maximum absolute atomic E-state index is 11.1. The van der Waals surface area contributed by atoms with Gasteiger partial charge in [-0.15, -0.1) is 11.8 Å². The van der Waals surface area contributed by atoms with E-state index in [0.29, 0.717) is 5.78 Å². The smallest absolute Gasteiger partial charge is 0.146 e. The third-order valence-corrected chi connectivity index (χ3v) is 3.64. The quantitative estimate of drug-likeness (QED) is 0.716.